The Bertz CT molecular complexity index is 1350. The lowest BCUT2D eigenvalue weighted by Crippen LogP contribution is -2.60. The number of nitro groups is 1. The average molecular weight is 631 g/mol. The number of phenols is 1. The second-order valence-corrected chi connectivity index (χ2v) is 10.4. The van der Waals surface area contributed by atoms with Gasteiger partial charge in [-0.1, -0.05) is 31.9 Å². The second-order valence-electron chi connectivity index (χ2n) is 10.4. The zero-order valence-corrected chi connectivity index (χ0v) is 24.8. The third-order valence-corrected chi connectivity index (χ3v) is 6.63. The number of nitrogens with zero attached hydrogens (tertiary/aromatic N) is 1. The molecule has 0 heterocycles. The molecule has 9 N–H and O–H groups in total. The summed E-state index contributed by atoms with van der Waals surface area (Å²) in [6.45, 7) is 3.11. The fraction of sp³-hybridized carbons (Fsp3) is 0.414. The molecule has 0 saturated heterocycles. The number of aliphatic hydroxyl groups excluding tert-OH is 1. The van der Waals surface area contributed by atoms with Crippen LogP contribution in [0.15, 0.2) is 48.5 Å². The fourth-order valence-electron chi connectivity index (χ4n) is 4.11. The van der Waals surface area contributed by atoms with Gasteiger partial charge in [-0.05, 0) is 43.2 Å². The van der Waals surface area contributed by atoms with Gasteiger partial charge >= 0.3 is 5.97 Å². The van der Waals surface area contributed by atoms with Crippen LogP contribution in [0.1, 0.15) is 45.1 Å². The summed E-state index contributed by atoms with van der Waals surface area (Å²) in [5, 5.41) is 49.7. The summed E-state index contributed by atoms with van der Waals surface area (Å²) in [7, 11) is 0. The Hall–Kier alpha value is -5.09. The molecule has 0 radical (unpaired) electrons. The molecule has 2 aromatic carbocycles. The number of aromatic hydroxyl groups is 1. The lowest BCUT2D eigenvalue weighted by Gasteiger charge is -2.26. The summed E-state index contributed by atoms with van der Waals surface area (Å²) in [4.78, 5) is 74.1. The maximum absolute atomic E-state index is 13.3. The van der Waals surface area contributed by atoms with E-state index in [1.54, 1.807) is 0 Å². The number of amides is 4. The number of nitro benzene ring substituents is 1. The maximum Gasteiger partial charge on any atom is 0.305 e. The molecule has 0 fully saturated rings. The molecule has 0 unspecified atom stereocenters. The van der Waals surface area contributed by atoms with Crippen molar-refractivity contribution in [3.8, 4) is 5.75 Å². The predicted molar refractivity (Wildman–Crippen MR) is 161 cm³/mol. The van der Waals surface area contributed by atoms with E-state index in [4.69, 9.17) is 5.73 Å². The van der Waals surface area contributed by atoms with Crippen molar-refractivity contribution in [2.45, 2.75) is 76.2 Å². The number of carbonyl (C=O) groups is 5. The number of carboxylic acid groups (broad SMARTS) is 1. The van der Waals surface area contributed by atoms with Crippen molar-refractivity contribution in [2.75, 3.05) is 5.32 Å². The van der Waals surface area contributed by atoms with Gasteiger partial charge in [-0.15, -0.1) is 0 Å². The topological polar surface area (TPSA) is 263 Å². The fourth-order valence-corrected chi connectivity index (χ4v) is 4.11. The molecule has 0 aliphatic carbocycles. The van der Waals surface area contributed by atoms with Gasteiger partial charge in [-0.3, -0.25) is 34.1 Å². The Balaban J connectivity index is 2.27. The van der Waals surface area contributed by atoms with E-state index >= 15 is 0 Å². The molecule has 244 valence electrons. The Kier molecular flexibility index (Phi) is 13.9. The number of aliphatic hydroxyl groups is 1. The van der Waals surface area contributed by atoms with E-state index in [1.807, 2.05) is 6.92 Å². The number of rotatable bonds is 17. The number of non-ortho nitro benzene ring substituents is 1. The smallest absolute Gasteiger partial charge is 0.305 e. The van der Waals surface area contributed by atoms with Crippen molar-refractivity contribution in [3.05, 3.63) is 64.2 Å². The van der Waals surface area contributed by atoms with Crippen LogP contribution in [0.4, 0.5) is 11.4 Å². The molecule has 0 aromatic heterocycles. The molecule has 4 amide bonds. The molecule has 2 rings (SSSR count). The highest BCUT2D eigenvalue weighted by Gasteiger charge is 2.33. The van der Waals surface area contributed by atoms with Crippen LogP contribution in [-0.4, -0.2) is 80.1 Å². The van der Waals surface area contributed by atoms with Crippen LogP contribution in [0.5, 0.6) is 5.75 Å². The number of unbranched alkanes of at least 4 members (excludes halogenated alkanes) is 1. The number of carboxylic acids is 1. The quantitative estimate of drug-likeness (QED) is 0.0870. The molecule has 45 heavy (non-hydrogen) atoms. The van der Waals surface area contributed by atoms with E-state index in [-0.39, 0.29) is 23.5 Å². The molecule has 16 heteroatoms. The second kappa shape index (κ2) is 17.3. The van der Waals surface area contributed by atoms with Gasteiger partial charge in [0.15, 0.2) is 0 Å². The van der Waals surface area contributed by atoms with Crippen molar-refractivity contribution in [2.24, 2.45) is 5.73 Å². The van der Waals surface area contributed by atoms with Crippen LogP contribution >= 0.6 is 0 Å². The first-order valence-corrected chi connectivity index (χ1v) is 14.1. The average Bonchev–Trinajstić information content (AvgIpc) is 2.98. The zero-order valence-electron chi connectivity index (χ0n) is 24.8. The maximum atomic E-state index is 13.3. The van der Waals surface area contributed by atoms with E-state index in [9.17, 15) is 49.4 Å². The minimum Gasteiger partial charge on any atom is -0.508 e. The first-order chi connectivity index (χ1) is 21.2. The van der Waals surface area contributed by atoms with Gasteiger partial charge in [0.25, 0.3) is 5.69 Å². The Morgan fingerprint density at radius 1 is 0.889 bits per heavy atom. The van der Waals surface area contributed by atoms with Crippen molar-refractivity contribution < 1.29 is 44.2 Å². The van der Waals surface area contributed by atoms with Crippen LogP contribution in [0.3, 0.4) is 0 Å². The molecule has 0 saturated carbocycles. The summed E-state index contributed by atoms with van der Waals surface area (Å²) >= 11 is 0. The van der Waals surface area contributed by atoms with Gasteiger partial charge in [0.2, 0.25) is 23.6 Å². The van der Waals surface area contributed by atoms with Gasteiger partial charge < -0.3 is 42.3 Å². The number of hydrogen-bond acceptors (Lipinski definition) is 10. The Labute approximate surface area is 258 Å². The van der Waals surface area contributed by atoms with E-state index in [0.29, 0.717) is 18.4 Å². The highest BCUT2D eigenvalue weighted by molar-refractivity contribution is 6.00. The normalized spacial score (nSPS) is 14.1. The molecule has 0 spiro atoms. The van der Waals surface area contributed by atoms with Crippen LogP contribution in [0, 0.1) is 10.1 Å². The van der Waals surface area contributed by atoms with E-state index in [2.05, 4.69) is 21.3 Å². The molecular weight excluding hydrogens is 592 g/mol. The number of nitrogens with one attached hydrogen (secondary N) is 4. The Morgan fingerprint density at radius 2 is 1.49 bits per heavy atom. The largest absolute Gasteiger partial charge is 0.508 e. The number of benzene rings is 2. The number of hydrogen-bond donors (Lipinski definition) is 8. The summed E-state index contributed by atoms with van der Waals surface area (Å²) in [5.74, 6) is -5.15. The highest BCUT2D eigenvalue weighted by Crippen LogP contribution is 2.17. The van der Waals surface area contributed by atoms with Crippen molar-refractivity contribution in [1.29, 1.82) is 0 Å². The van der Waals surface area contributed by atoms with Crippen molar-refractivity contribution in [1.82, 2.24) is 16.0 Å². The lowest BCUT2D eigenvalue weighted by atomic mass is 10.0. The first kappa shape index (κ1) is 36.1. The lowest BCUT2D eigenvalue weighted by molar-refractivity contribution is -0.384. The highest BCUT2D eigenvalue weighted by atomic mass is 16.6. The zero-order chi connectivity index (χ0) is 33.7. The van der Waals surface area contributed by atoms with Crippen LogP contribution in [0.2, 0.25) is 0 Å². The summed E-state index contributed by atoms with van der Waals surface area (Å²) in [5.41, 5.74) is 6.29. The summed E-state index contributed by atoms with van der Waals surface area (Å²) < 4.78 is 0. The van der Waals surface area contributed by atoms with Gasteiger partial charge in [-0.2, -0.15) is 0 Å². The third-order valence-electron chi connectivity index (χ3n) is 6.63. The van der Waals surface area contributed by atoms with Gasteiger partial charge in [0, 0.05) is 24.2 Å². The SMILES string of the molecule is CCCC[C@H](N)C(=O)N[C@H](C(=O)N[C@@H](CC(=O)O)C(=O)N[C@@H](Cc1ccc(O)cc1)C(=O)Nc1ccc([N+](=O)[O-])cc1)[C@@H](C)O. The monoisotopic (exact) mass is 630 g/mol. The van der Waals surface area contributed by atoms with Crippen LogP contribution in [0.25, 0.3) is 0 Å². The third kappa shape index (κ3) is 11.8. The van der Waals surface area contributed by atoms with E-state index in [1.165, 1.54) is 43.3 Å². The minimum atomic E-state index is -1.74. The number of anilines is 1. The number of nitrogens with two attached hydrogens (primary N) is 1. The number of carbonyl (C=O) groups excluding carboxylic acids is 4. The first-order valence-electron chi connectivity index (χ1n) is 14.1. The van der Waals surface area contributed by atoms with Crippen LogP contribution < -0.4 is 27.0 Å². The molecule has 5 atom stereocenters. The van der Waals surface area contributed by atoms with E-state index in [0.717, 1.165) is 18.6 Å². The number of phenolic OH excluding ortho intramolecular Hbond substituents is 1. The van der Waals surface area contributed by atoms with E-state index < -0.39 is 71.2 Å². The van der Waals surface area contributed by atoms with Crippen LogP contribution in [-0.2, 0) is 30.4 Å². The van der Waals surface area contributed by atoms with Gasteiger partial charge in [0.1, 0.15) is 23.9 Å². The molecule has 0 bridgehead atoms. The number of aliphatic carboxylic acids is 1. The van der Waals surface area contributed by atoms with Gasteiger partial charge in [-0.25, -0.2) is 0 Å². The Morgan fingerprint density at radius 3 is 2.02 bits per heavy atom. The molecule has 2 aromatic rings. The summed E-state index contributed by atoms with van der Waals surface area (Å²) in [6.07, 6.45) is -0.762. The minimum absolute atomic E-state index is 0.0509. The molecule has 16 nitrogen and oxygen atoms in total. The summed E-state index contributed by atoms with van der Waals surface area (Å²) in [6, 6.07) is 4.94. The molecule has 0 aliphatic rings. The molecular formula is C29H38N6O10. The standard InChI is InChI=1S/C29H38N6O10/c1-3-4-5-21(30)26(40)34-25(16(2)36)29(43)33-23(15-24(38)39)28(42)32-22(14-17-6-12-20(37)13-7-17)27(41)31-18-8-10-19(11-9-18)35(44)45/h6-13,16,21-23,25,36-37H,3-5,14-15,30H2,1-2H3,(H,31,41)(H,32,42)(H,33,43)(H,34,40)(H,38,39)/t16-,21+,22+,23+,25+/m1/s1. The predicted octanol–water partition coefficient (Wildman–Crippen LogP) is 0.309. The van der Waals surface area contributed by atoms with Gasteiger partial charge in [0.05, 0.1) is 23.5 Å². The molecule has 0 aliphatic heterocycles. The van der Waals surface area contributed by atoms with Crippen molar-refractivity contribution in [3.63, 3.8) is 0 Å². The van der Waals surface area contributed by atoms with Crippen molar-refractivity contribution >= 4 is 41.0 Å².